The molecule has 0 amide bonds. The van der Waals surface area contributed by atoms with Crippen molar-refractivity contribution >= 4 is 27.3 Å². The number of halogens is 1. The van der Waals surface area contributed by atoms with Crippen molar-refractivity contribution in [2.24, 2.45) is 0 Å². The highest BCUT2D eigenvalue weighted by molar-refractivity contribution is 9.10. The molecule has 0 radical (unpaired) electrons. The average molecular weight is 291 g/mol. The maximum Gasteiger partial charge on any atom is 0.0401 e. The molecule has 0 aromatic heterocycles. The molecule has 88 valence electrons. The van der Waals surface area contributed by atoms with E-state index in [-0.39, 0.29) is 0 Å². The number of benzene rings is 2. The fourth-order valence-corrected chi connectivity index (χ4v) is 2.12. The number of hydrogen-bond acceptors (Lipinski definition) is 2. The van der Waals surface area contributed by atoms with Gasteiger partial charge in [-0.3, -0.25) is 0 Å². The first kappa shape index (κ1) is 12.0. The molecule has 3 heteroatoms. The van der Waals surface area contributed by atoms with Crippen molar-refractivity contribution in [1.29, 1.82) is 0 Å². The van der Waals surface area contributed by atoms with E-state index in [9.17, 15) is 0 Å². The van der Waals surface area contributed by atoms with Crippen LogP contribution in [-0.2, 0) is 6.54 Å². The van der Waals surface area contributed by atoms with Crippen molar-refractivity contribution in [3.63, 3.8) is 0 Å². The number of nitrogen functional groups attached to an aromatic ring is 1. The summed E-state index contributed by atoms with van der Waals surface area (Å²) in [4.78, 5) is 0. The monoisotopic (exact) mass is 290 g/mol. The zero-order valence-electron chi connectivity index (χ0n) is 9.70. The summed E-state index contributed by atoms with van der Waals surface area (Å²) in [5, 5.41) is 3.40. The second-order valence-corrected chi connectivity index (χ2v) is 4.97. The average Bonchev–Trinajstić information content (AvgIpc) is 2.30. The lowest BCUT2D eigenvalue weighted by Gasteiger charge is -2.10. The second-order valence-electron chi connectivity index (χ2n) is 4.06. The first-order chi connectivity index (χ1) is 8.15. The maximum atomic E-state index is 5.77. The summed E-state index contributed by atoms with van der Waals surface area (Å²) in [6.45, 7) is 2.87. The molecule has 2 rings (SSSR count). The van der Waals surface area contributed by atoms with Gasteiger partial charge >= 0.3 is 0 Å². The Bertz CT molecular complexity index is 523. The predicted molar refractivity (Wildman–Crippen MR) is 77.1 cm³/mol. The van der Waals surface area contributed by atoms with Gasteiger partial charge in [0.1, 0.15) is 0 Å². The second kappa shape index (κ2) is 5.23. The summed E-state index contributed by atoms with van der Waals surface area (Å²) < 4.78 is 1.10. The third-order valence-electron chi connectivity index (χ3n) is 2.63. The minimum atomic E-state index is 0.785. The molecule has 17 heavy (non-hydrogen) atoms. The van der Waals surface area contributed by atoms with Crippen LogP contribution in [0.1, 0.15) is 11.1 Å². The van der Waals surface area contributed by atoms with Crippen LogP contribution in [0.15, 0.2) is 46.9 Å². The van der Waals surface area contributed by atoms with Crippen molar-refractivity contribution < 1.29 is 0 Å². The van der Waals surface area contributed by atoms with Gasteiger partial charge < -0.3 is 11.1 Å². The first-order valence-corrected chi connectivity index (χ1v) is 6.29. The van der Waals surface area contributed by atoms with Gasteiger partial charge in [0.25, 0.3) is 0 Å². The molecule has 2 aromatic carbocycles. The SMILES string of the molecule is Cc1ccc(N)cc1NCc1cccc(Br)c1. The standard InChI is InChI=1S/C14H15BrN2/c1-10-5-6-13(16)8-14(10)17-9-11-3-2-4-12(15)7-11/h2-8,17H,9,16H2,1H3. The summed E-state index contributed by atoms with van der Waals surface area (Å²) in [6.07, 6.45) is 0. The summed E-state index contributed by atoms with van der Waals surface area (Å²) in [7, 11) is 0. The van der Waals surface area contributed by atoms with Gasteiger partial charge in [-0.2, -0.15) is 0 Å². The molecule has 0 aliphatic heterocycles. The lowest BCUT2D eigenvalue weighted by molar-refractivity contribution is 1.14. The molecule has 2 aromatic rings. The molecular weight excluding hydrogens is 276 g/mol. The minimum absolute atomic E-state index is 0.785. The molecule has 2 nitrogen and oxygen atoms in total. The molecule has 0 spiro atoms. The van der Waals surface area contributed by atoms with E-state index in [2.05, 4.69) is 40.3 Å². The van der Waals surface area contributed by atoms with Crippen molar-refractivity contribution in [1.82, 2.24) is 0 Å². The van der Waals surface area contributed by atoms with Gasteiger partial charge in [0, 0.05) is 22.4 Å². The Kier molecular flexibility index (Phi) is 3.69. The van der Waals surface area contributed by atoms with Gasteiger partial charge in [-0.15, -0.1) is 0 Å². The van der Waals surface area contributed by atoms with E-state index in [1.54, 1.807) is 0 Å². The van der Waals surface area contributed by atoms with Crippen molar-refractivity contribution in [2.45, 2.75) is 13.5 Å². The lowest BCUT2D eigenvalue weighted by Crippen LogP contribution is -2.01. The zero-order valence-corrected chi connectivity index (χ0v) is 11.3. The molecule has 0 atom stereocenters. The van der Waals surface area contributed by atoms with Crippen molar-refractivity contribution in [3.05, 3.63) is 58.1 Å². The number of rotatable bonds is 3. The summed E-state index contributed by atoms with van der Waals surface area (Å²) in [5.41, 5.74) is 10.1. The minimum Gasteiger partial charge on any atom is -0.399 e. The van der Waals surface area contributed by atoms with E-state index < -0.39 is 0 Å². The largest absolute Gasteiger partial charge is 0.399 e. The molecule has 3 N–H and O–H groups in total. The van der Waals surface area contributed by atoms with Crippen molar-refractivity contribution in [3.8, 4) is 0 Å². The summed E-state index contributed by atoms with van der Waals surface area (Å²) >= 11 is 3.47. The van der Waals surface area contributed by atoms with E-state index in [4.69, 9.17) is 5.73 Å². The third kappa shape index (κ3) is 3.24. The molecule has 0 saturated carbocycles. The van der Waals surface area contributed by atoms with Crippen LogP contribution in [0.2, 0.25) is 0 Å². The Morgan fingerprint density at radius 2 is 2.00 bits per heavy atom. The lowest BCUT2D eigenvalue weighted by atomic mass is 10.1. The van der Waals surface area contributed by atoms with Gasteiger partial charge in [0.05, 0.1) is 0 Å². The van der Waals surface area contributed by atoms with Gasteiger partial charge in [0.15, 0.2) is 0 Å². The number of nitrogens with two attached hydrogens (primary N) is 1. The number of hydrogen-bond donors (Lipinski definition) is 2. The van der Waals surface area contributed by atoms with E-state index in [0.29, 0.717) is 0 Å². The predicted octanol–water partition coefficient (Wildman–Crippen LogP) is 3.95. The fraction of sp³-hybridized carbons (Fsp3) is 0.143. The molecule has 0 aliphatic rings. The van der Waals surface area contributed by atoms with E-state index in [1.165, 1.54) is 11.1 Å². The van der Waals surface area contributed by atoms with Crippen LogP contribution in [0.25, 0.3) is 0 Å². The van der Waals surface area contributed by atoms with Crippen LogP contribution < -0.4 is 11.1 Å². The molecule has 0 saturated heterocycles. The van der Waals surface area contributed by atoms with Crippen LogP contribution in [0.5, 0.6) is 0 Å². The van der Waals surface area contributed by atoms with Crippen LogP contribution in [0.4, 0.5) is 11.4 Å². The number of anilines is 2. The fourth-order valence-electron chi connectivity index (χ4n) is 1.67. The topological polar surface area (TPSA) is 38.0 Å². The van der Waals surface area contributed by atoms with Gasteiger partial charge in [0.2, 0.25) is 0 Å². The van der Waals surface area contributed by atoms with E-state index in [1.807, 2.05) is 30.3 Å². The summed E-state index contributed by atoms with van der Waals surface area (Å²) in [6, 6.07) is 14.2. The Balaban J connectivity index is 2.09. The summed E-state index contributed by atoms with van der Waals surface area (Å²) in [5.74, 6) is 0. The highest BCUT2D eigenvalue weighted by Crippen LogP contribution is 2.19. The molecule has 0 aliphatic carbocycles. The molecule has 0 fully saturated rings. The highest BCUT2D eigenvalue weighted by Gasteiger charge is 1.99. The Morgan fingerprint density at radius 3 is 2.76 bits per heavy atom. The third-order valence-corrected chi connectivity index (χ3v) is 3.13. The molecule has 0 unspecified atom stereocenters. The van der Waals surface area contributed by atoms with Gasteiger partial charge in [-0.1, -0.05) is 34.1 Å². The maximum absolute atomic E-state index is 5.77. The Morgan fingerprint density at radius 1 is 1.18 bits per heavy atom. The smallest absolute Gasteiger partial charge is 0.0401 e. The van der Waals surface area contributed by atoms with Crippen LogP contribution in [-0.4, -0.2) is 0 Å². The van der Waals surface area contributed by atoms with Gasteiger partial charge in [-0.05, 0) is 42.3 Å². The quantitative estimate of drug-likeness (QED) is 0.840. The molecular formula is C14H15BrN2. The molecule has 0 bridgehead atoms. The van der Waals surface area contributed by atoms with Crippen LogP contribution in [0, 0.1) is 6.92 Å². The van der Waals surface area contributed by atoms with Gasteiger partial charge in [-0.25, -0.2) is 0 Å². The van der Waals surface area contributed by atoms with Crippen molar-refractivity contribution in [2.75, 3.05) is 11.1 Å². The molecule has 0 heterocycles. The van der Waals surface area contributed by atoms with Crippen LogP contribution in [0.3, 0.4) is 0 Å². The Labute approximate surface area is 110 Å². The normalized spacial score (nSPS) is 10.2. The number of nitrogens with one attached hydrogen (secondary N) is 1. The number of aryl methyl sites for hydroxylation is 1. The van der Waals surface area contributed by atoms with Crippen LogP contribution >= 0.6 is 15.9 Å². The Hall–Kier alpha value is -1.48. The zero-order chi connectivity index (χ0) is 12.3. The highest BCUT2D eigenvalue weighted by atomic mass is 79.9. The van der Waals surface area contributed by atoms with E-state index in [0.717, 1.165) is 22.4 Å². The van der Waals surface area contributed by atoms with E-state index >= 15 is 0 Å². The first-order valence-electron chi connectivity index (χ1n) is 5.49.